The molecule has 0 radical (unpaired) electrons. The number of aliphatic imine (C=N–C) groups is 1. The number of amides is 1. The van der Waals surface area contributed by atoms with Crippen molar-refractivity contribution < 1.29 is 32.3 Å². The number of carbonyl (C=O) groups is 2. The summed E-state index contributed by atoms with van der Waals surface area (Å²) in [6, 6.07) is 0. The largest absolute Gasteiger partial charge is 0.493 e. The topological polar surface area (TPSA) is 94.2 Å². The fourth-order valence-electron chi connectivity index (χ4n) is 1.26. The van der Waals surface area contributed by atoms with Gasteiger partial charge in [0.1, 0.15) is 5.60 Å². The molecule has 0 aromatic rings. The minimum atomic E-state index is -5.21. The van der Waals surface area contributed by atoms with Crippen molar-refractivity contribution in [3.63, 3.8) is 0 Å². The van der Waals surface area contributed by atoms with Crippen LogP contribution >= 0.6 is 0 Å². The average Bonchev–Trinajstić information content (AvgIpc) is 2.32. The van der Waals surface area contributed by atoms with Gasteiger partial charge >= 0.3 is 18.2 Å². The summed E-state index contributed by atoms with van der Waals surface area (Å²) in [5.74, 6) is -2.11. The maximum Gasteiger partial charge on any atom is 0.493 e. The first-order chi connectivity index (χ1) is 10.3. The fraction of sp³-hybridized carbons (Fsp3) is 0.769. The van der Waals surface area contributed by atoms with E-state index < -0.39 is 23.8 Å². The number of hydrogen-bond donors (Lipinski definition) is 1. The molecule has 134 valence electrons. The fourth-order valence-corrected chi connectivity index (χ4v) is 1.26. The van der Waals surface area contributed by atoms with Gasteiger partial charge in [-0.15, -0.1) is 5.06 Å². The second-order valence-corrected chi connectivity index (χ2v) is 5.69. The molecule has 0 aliphatic rings. The molecule has 7 nitrogen and oxygen atoms in total. The molecule has 0 aromatic heterocycles. The summed E-state index contributed by atoms with van der Waals surface area (Å²) >= 11 is 0. The van der Waals surface area contributed by atoms with Crippen LogP contribution in [0.4, 0.5) is 18.0 Å². The van der Waals surface area contributed by atoms with Gasteiger partial charge in [-0.1, -0.05) is 0 Å². The Morgan fingerprint density at radius 2 is 1.74 bits per heavy atom. The Kier molecular flexibility index (Phi) is 7.84. The van der Waals surface area contributed by atoms with Crippen LogP contribution in [-0.2, 0) is 14.4 Å². The van der Waals surface area contributed by atoms with Crippen LogP contribution in [-0.4, -0.2) is 47.8 Å². The smallest absolute Gasteiger partial charge is 0.442 e. The van der Waals surface area contributed by atoms with E-state index in [4.69, 9.17) is 10.5 Å². The number of carbonyl (C=O) groups excluding carboxylic acids is 2. The number of nitrogens with two attached hydrogens (primary N) is 1. The van der Waals surface area contributed by atoms with E-state index in [-0.39, 0.29) is 18.0 Å². The summed E-state index contributed by atoms with van der Waals surface area (Å²) in [4.78, 5) is 30.7. The average molecular weight is 341 g/mol. The lowest BCUT2D eigenvalue weighted by Gasteiger charge is -2.26. The lowest BCUT2D eigenvalue weighted by atomic mass is 10.2. The SMILES string of the molecule is CC(N)=NCCCCN(OC(=O)C(F)(F)F)C(=O)OC(C)(C)C. The first kappa shape index (κ1) is 21.0. The molecule has 0 spiro atoms. The number of amidine groups is 1. The van der Waals surface area contributed by atoms with Gasteiger partial charge < -0.3 is 15.3 Å². The Balaban J connectivity index is 4.70. The van der Waals surface area contributed by atoms with Gasteiger partial charge in [0.05, 0.1) is 12.4 Å². The van der Waals surface area contributed by atoms with Gasteiger partial charge in [-0.3, -0.25) is 4.99 Å². The van der Waals surface area contributed by atoms with E-state index in [2.05, 4.69) is 9.83 Å². The lowest BCUT2D eigenvalue weighted by Crippen LogP contribution is -2.42. The lowest BCUT2D eigenvalue weighted by molar-refractivity contribution is -0.232. The highest BCUT2D eigenvalue weighted by Gasteiger charge is 2.43. The maximum atomic E-state index is 12.3. The Hall–Kier alpha value is -2.00. The van der Waals surface area contributed by atoms with Gasteiger partial charge in [0.15, 0.2) is 0 Å². The van der Waals surface area contributed by atoms with Crippen LogP contribution in [0.3, 0.4) is 0 Å². The molecule has 0 rings (SSSR count). The predicted molar refractivity (Wildman–Crippen MR) is 76.5 cm³/mol. The molecule has 0 unspecified atom stereocenters. The Morgan fingerprint density at radius 1 is 1.17 bits per heavy atom. The van der Waals surface area contributed by atoms with E-state index in [0.29, 0.717) is 18.8 Å². The molecular weight excluding hydrogens is 319 g/mol. The molecule has 0 saturated heterocycles. The molecule has 0 saturated carbocycles. The molecule has 0 bridgehead atoms. The molecule has 0 aliphatic carbocycles. The molecule has 2 N–H and O–H groups in total. The third-order valence-corrected chi connectivity index (χ3v) is 2.15. The third kappa shape index (κ3) is 10.4. The second-order valence-electron chi connectivity index (χ2n) is 5.69. The zero-order valence-electron chi connectivity index (χ0n) is 13.6. The van der Waals surface area contributed by atoms with Crippen LogP contribution in [0.25, 0.3) is 0 Å². The third-order valence-electron chi connectivity index (χ3n) is 2.15. The monoisotopic (exact) mass is 341 g/mol. The summed E-state index contributed by atoms with van der Waals surface area (Å²) in [6.07, 6.45) is -5.69. The van der Waals surface area contributed by atoms with Crippen LogP contribution < -0.4 is 5.73 Å². The Bertz CT molecular complexity index is 441. The van der Waals surface area contributed by atoms with E-state index in [1.54, 1.807) is 6.92 Å². The first-order valence-electron chi connectivity index (χ1n) is 6.89. The minimum Gasteiger partial charge on any atom is -0.442 e. The highest BCUT2D eigenvalue weighted by atomic mass is 19.4. The molecule has 0 fully saturated rings. The summed E-state index contributed by atoms with van der Waals surface area (Å²) in [7, 11) is 0. The van der Waals surface area contributed by atoms with E-state index in [9.17, 15) is 22.8 Å². The number of nitrogens with zero attached hydrogens (tertiary/aromatic N) is 2. The van der Waals surface area contributed by atoms with Crippen LogP contribution in [0.2, 0.25) is 0 Å². The van der Waals surface area contributed by atoms with Crippen LogP contribution in [0.1, 0.15) is 40.5 Å². The zero-order chi connectivity index (χ0) is 18.3. The quantitative estimate of drug-likeness (QED) is 0.359. The molecule has 0 aliphatic heterocycles. The predicted octanol–water partition coefficient (Wildman–Crippen LogP) is 2.40. The van der Waals surface area contributed by atoms with Crippen molar-refractivity contribution in [1.29, 1.82) is 0 Å². The summed E-state index contributed by atoms with van der Waals surface area (Å²) in [5, 5.41) is 0.264. The number of alkyl halides is 3. The van der Waals surface area contributed by atoms with E-state index in [1.165, 1.54) is 20.8 Å². The van der Waals surface area contributed by atoms with Crippen molar-refractivity contribution in [2.45, 2.75) is 52.3 Å². The van der Waals surface area contributed by atoms with Gasteiger partial charge in [0.2, 0.25) is 0 Å². The molecule has 1 amide bonds. The number of hydroxylamine groups is 2. The van der Waals surface area contributed by atoms with Crippen LogP contribution in [0.15, 0.2) is 4.99 Å². The van der Waals surface area contributed by atoms with Crippen LogP contribution in [0, 0.1) is 0 Å². The van der Waals surface area contributed by atoms with Crippen molar-refractivity contribution in [2.24, 2.45) is 10.7 Å². The molecular formula is C13H22F3N3O4. The summed E-state index contributed by atoms with van der Waals surface area (Å²) in [5.41, 5.74) is 4.39. The Morgan fingerprint density at radius 3 is 2.17 bits per heavy atom. The first-order valence-corrected chi connectivity index (χ1v) is 6.89. The maximum absolute atomic E-state index is 12.3. The highest BCUT2D eigenvalue weighted by molar-refractivity contribution is 5.78. The number of unbranched alkanes of at least 4 members (excludes halogenated alkanes) is 1. The van der Waals surface area contributed by atoms with Gasteiger partial charge in [-0.25, -0.2) is 9.59 Å². The van der Waals surface area contributed by atoms with Crippen molar-refractivity contribution in [1.82, 2.24) is 5.06 Å². The second kappa shape index (κ2) is 8.59. The number of rotatable bonds is 5. The van der Waals surface area contributed by atoms with Crippen molar-refractivity contribution in [3.05, 3.63) is 0 Å². The highest BCUT2D eigenvalue weighted by Crippen LogP contribution is 2.19. The number of halogens is 3. The molecule has 23 heavy (non-hydrogen) atoms. The summed E-state index contributed by atoms with van der Waals surface area (Å²) in [6.45, 7) is 6.29. The van der Waals surface area contributed by atoms with Crippen molar-refractivity contribution in [3.8, 4) is 0 Å². The van der Waals surface area contributed by atoms with E-state index >= 15 is 0 Å². The normalized spacial score (nSPS) is 12.7. The van der Waals surface area contributed by atoms with Gasteiger partial charge in [0, 0.05) is 6.54 Å². The van der Waals surface area contributed by atoms with Crippen molar-refractivity contribution in [2.75, 3.05) is 13.1 Å². The zero-order valence-corrected chi connectivity index (χ0v) is 13.6. The van der Waals surface area contributed by atoms with Gasteiger partial charge in [-0.2, -0.15) is 13.2 Å². The standard InChI is InChI=1S/C13H22F3N3O4/c1-9(17)18-7-5-6-8-19(11(21)22-12(2,3)4)23-10(20)13(14,15)16/h5-8H2,1-4H3,(H2,17,18). The van der Waals surface area contributed by atoms with E-state index in [0.717, 1.165) is 0 Å². The van der Waals surface area contributed by atoms with Gasteiger partial charge in [0.25, 0.3) is 0 Å². The number of ether oxygens (including phenoxy) is 1. The molecule has 0 heterocycles. The number of hydrogen-bond acceptors (Lipinski definition) is 5. The molecule has 0 atom stereocenters. The van der Waals surface area contributed by atoms with E-state index in [1.807, 2.05) is 0 Å². The van der Waals surface area contributed by atoms with Crippen LogP contribution in [0.5, 0.6) is 0 Å². The van der Waals surface area contributed by atoms with Gasteiger partial charge in [-0.05, 0) is 40.5 Å². The Labute approximate surface area is 132 Å². The molecule has 10 heteroatoms. The summed E-state index contributed by atoms with van der Waals surface area (Å²) < 4.78 is 41.7. The minimum absolute atomic E-state index is 0.251. The van der Waals surface area contributed by atoms with Crippen molar-refractivity contribution >= 4 is 17.9 Å². The molecule has 0 aromatic carbocycles.